The smallest absolute Gasteiger partial charge is 0.190 e. The second-order valence-corrected chi connectivity index (χ2v) is 3.59. The molecule has 0 bridgehead atoms. The Kier molecular flexibility index (Phi) is 2.87. The Balaban J connectivity index is 2.70. The van der Waals surface area contributed by atoms with E-state index in [1.807, 2.05) is 0 Å². The molecule has 1 aromatic carbocycles. The zero-order chi connectivity index (χ0) is 12.4. The minimum absolute atomic E-state index is 0.0744. The van der Waals surface area contributed by atoms with E-state index in [9.17, 15) is 4.79 Å². The van der Waals surface area contributed by atoms with Gasteiger partial charge < -0.3 is 14.5 Å². The molecule has 0 unspecified atom stereocenters. The third-order valence-electron chi connectivity index (χ3n) is 2.58. The minimum Gasteiger partial charge on any atom is -0.497 e. The fourth-order valence-electron chi connectivity index (χ4n) is 1.62. The normalized spacial score (nSPS) is 10.2. The number of fused-ring (bicyclic) bond motifs is 1. The van der Waals surface area contributed by atoms with Crippen LogP contribution in [-0.2, 0) is 4.74 Å². The Morgan fingerprint density at radius 3 is 2.71 bits per heavy atom. The van der Waals surface area contributed by atoms with Crippen molar-refractivity contribution in [1.82, 2.24) is 4.98 Å². The van der Waals surface area contributed by atoms with Crippen LogP contribution in [0.5, 0.6) is 5.75 Å². The first-order chi connectivity index (χ1) is 8.15. The van der Waals surface area contributed by atoms with Gasteiger partial charge in [-0.2, -0.15) is 0 Å². The van der Waals surface area contributed by atoms with Gasteiger partial charge in [-0.15, -0.1) is 0 Å². The summed E-state index contributed by atoms with van der Waals surface area (Å²) in [6.45, 7) is 3.71. The van der Waals surface area contributed by atoms with Gasteiger partial charge in [0.15, 0.2) is 5.43 Å². The molecule has 0 atom stereocenters. The van der Waals surface area contributed by atoms with Gasteiger partial charge in [-0.25, -0.2) is 0 Å². The highest BCUT2D eigenvalue weighted by atomic mass is 16.5. The van der Waals surface area contributed by atoms with Crippen LogP contribution in [0.1, 0.15) is 5.69 Å². The molecule has 0 radical (unpaired) electrons. The topological polar surface area (TPSA) is 51.3 Å². The molecular formula is C13H13NO3. The molecule has 0 aliphatic rings. The van der Waals surface area contributed by atoms with Crippen LogP contribution in [0.2, 0.25) is 0 Å². The molecule has 2 aromatic rings. The van der Waals surface area contributed by atoms with Crippen LogP contribution < -0.4 is 10.2 Å². The Morgan fingerprint density at radius 2 is 2.06 bits per heavy atom. The summed E-state index contributed by atoms with van der Waals surface area (Å²) in [6.07, 6.45) is 0. The predicted octanol–water partition coefficient (Wildman–Crippen LogP) is 2.15. The van der Waals surface area contributed by atoms with E-state index in [0.717, 1.165) is 0 Å². The van der Waals surface area contributed by atoms with Gasteiger partial charge in [-0.1, -0.05) is 6.58 Å². The van der Waals surface area contributed by atoms with E-state index in [-0.39, 0.29) is 5.43 Å². The van der Waals surface area contributed by atoms with Crippen LogP contribution in [0, 0.1) is 0 Å². The van der Waals surface area contributed by atoms with Crippen molar-refractivity contribution in [3.8, 4) is 5.75 Å². The molecular weight excluding hydrogens is 218 g/mol. The van der Waals surface area contributed by atoms with E-state index >= 15 is 0 Å². The zero-order valence-electron chi connectivity index (χ0n) is 9.74. The molecule has 0 fully saturated rings. The molecule has 0 aliphatic carbocycles. The molecule has 1 heterocycles. The van der Waals surface area contributed by atoms with Gasteiger partial charge in [0.05, 0.1) is 25.4 Å². The van der Waals surface area contributed by atoms with Crippen LogP contribution in [0.25, 0.3) is 16.7 Å². The van der Waals surface area contributed by atoms with Crippen LogP contribution in [0.3, 0.4) is 0 Å². The van der Waals surface area contributed by atoms with Gasteiger partial charge >= 0.3 is 0 Å². The number of hydrogen-bond acceptors (Lipinski definition) is 3. The minimum atomic E-state index is -0.0744. The van der Waals surface area contributed by atoms with E-state index in [0.29, 0.717) is 28.1 Å². The lowest BCUT2D eigenvalue weighted by Gasteiger charge is -2.07. The average molecular weight is 231 g/mol. The number of hydrogen-bond donors (Lipinski definition) is 1. The molecule has 0 saturated carbocycles. The third kappa shape index (κ3) is 2.01. The van der Waals surface area contributed by atoms with E-state index in [1.165, 1.54) is 13.2 Å². The van der Waals surface area contributed by atoms with E-state index in [1.54, 1.807) is 25.3 Å². The summed E-state index contributed by atoms with van der Waals surface area (Å²) in [5.74, 6) is 1.11. The fourth-order valence-corrected chi connectivity index (χ4v) is 1.62. The van der Waals surface area contributed by atoms with Gasteiger partial charge in [-0.3, -0.25) is 4.79 Å². The molecule has 0 spiro atoms. The summed E-state index contributed by atoms with van der Waals surface area (Å²) in [5.41, 5.74) is 1.19. The van der Waals surface area contributed by atoms with Crippen LogP contribution in [0.15, 0.2) is 35.6 Å². The van der Waals surface area contributed by atoms with E-state index in [2.05, 4.69) is 11.6 Å². The molecule has 4 heteroatoms. The number of benzene rings is 1. The quantitative estimate of drug-likeness (QED) is 0.823. The molecule has 17 heavy (non-hydrogen) atoms. The summed E-state index contributed by atoms with van der Waals surface area (Å²) in [6, 6.07) is 6.72. The summed E-state index contributed by atoms with van der Waals surface area (Å²) < 4.78 is 10.1. The number of aromatic nitrogens is 1. The molecule has 1 N–H and O–H groups in total. The highest BCUT2D eigenvalue weighted by Crippen LogP contribution is 2.18. The van der Waals surface area contributed by atoms with Crippen molar-refractivity contribution >= 4 is 16.7 Å². The van der Waals surface area contributed by atoms with E-state index < -0.39 is 0 Å². The fraction of sp³-hybridized carbons (Fsp3) is 0.154. The first-order valence-corrected chi connectivity index (χ1v) is 5.10. The summed E-state index contributed by atoms with van der Waals surface area (Å²) >= 11 is 0. The van der Waals surface area contributed by atoms with E-state index in [4.69, 9.17) is 9.47 Å². The zero-order valence-corrected chi connectivity index (χ0v) is 9.74. The van der Waals surface area contributed by atoms with Gasteiger partial charge in [0, 0.05) is 17.5 Å². The molecule has 0 aliphatic heterocycles. The van der Waals surface area contributed by atoms with Crippen molar-refractivity contribution in [3.63, 3.8) is 0 Å². The SMILES string of the molecule is C=C(OC)c1cc(=O)c2ccc(OC)cc2[nH]1. The summed E-state index contributed by atoms with van der Waals surface area (Å²) in [7, 11) is 3.09. The van der Waals surface area contributed by atoms with Crippen LogP contribution >= 0.6 is 0 Å². The number of nitrogens with one attached hydrogen (secondary N) is 1. The molecule has 1 aromatic heterocycles. The second kappa shape index (κ2) is 4.33. The largest absolute Gasteiger partial charge is 0.497 e. The van der Waals surface area contributed by atoms with Crippen molar-refractivity contribution in [2.75, 3.05) is 14.2 Å². The predicted molar refractivity (Wildman–Crippen MR) is 67.2 cm³/mol. The number of pyridine rings is 1. The highest BCUT2D eigenvalue weighted by molar-refractivity contribution is 5.81. The number of aromatic amines is 1. The van der Waals surface area contributed by atoms with Crippen molar-refractivity contribution in [2.45, 2.75) is 0 Å². The molecule has 0 saturated heterocycles. The van der Waals surface area contributed by atoms with Crippen molar-refractivity contribution < 1.29 is 9.47 Å². The van der Waals surface area contributed by atoms with Crippen molar-refractivity contribution in [3.05, 3.63) is 46.8 Å². The second-order valence-electron chi connectivity index (χ2n) is 3.59. The van der Waals surface area contributed by atoms with Crippen LogP contribution in [0.4, 0.5) is 0 Å². The maximum Gasteiger partial charge on any atom is 0.190 e. The summed E-state index contributed by atoms with van der Waals surface area (Å²) in [4.78, 5) is 15.0. The lowest BCUT2D eigenvalue weighted by molar-refractivity contribution is 0.369. The van der Waals surface area contributed by atoms with Gasteiger partial charge in [0.1, 0.15) is 11.5 Å². The summed E-state index contributed by atoms with van der Waals surface area (Å²) in [5, 5.41) is 0.610. The van der Waals surface area contributed by atoms with Gasteiger partial charge in [0.25, 0.3) is 0 Å². The maximum absolute atomic E-state index is 11.9. The lowest BCUT2D eigenvalue weighted by Crippen LogP contribution is -2.05. The molecule has 0 amide bonds. The number of H-pyrrole nitrogens is 1. The molecule has 88 valence electrons. The first-order valence-electron chi connectivity index (χ1n) is 5.10. The third-order valence-corrected chi connectivity index (χ3v) is 2.58. The number of ether oxygens (including phenoxy) is 2. The average Bonchev–Trinajstić information content (AvgIpc) is 2.36. The Morgan fingerprint density at radius 1 is 1.29 bits per heavy atom. The van der Waals surface area contributed by atoms with Gasteiger partial charge in [-0.05, 0) is 12.1 Å². The maximum atomic E-state index is 11.9. The van der Waals surface area contributed by atoms with Crippen molar-refractivity contribution in [1.29, 1.82) is 0 Å². The Hall–Kier alpha value is -2.23. The number of methoxy groups -OCH3 is 2. The number of rotatable bonds is 3. The van der Waals surface area contributed by atoms with Crippen molar-refractivity contribution in [2.24, 2.45) is 0 Å². The Bertz CT molecular complexity index is 628. The first kappa shape index (κ1) is 11.3. The van der Waals surface area contributed by atoms with Crippen LogP contribution in [-0.4, -0.2) is 19.2 Å². The lowest BCUT2D eigenvalue weighted by atomic mass is 10.2. The standard InChI is InChI=1S/C13H13NO3/c1-8(16-2)11-7-13(15)10-5-4-9(17-3)6-12(10)14-11/h4-7H,1H2,2-3H3,(H,14,15). The Labute approximate surface area is 98.5 Å². The molecule has 4 nitrogen and oxygen atoms in total. The van der Waals surface area contributed by atoms with Gasteiger partial charge in [0.2, 0.25) is 0 Å². The molecule has 2 rings (SSSR count). The monoisotopic (exact) mass is 231 g/mol. The highest BCUT2D eigenvalue weighted by Gasteiger charge is 2.05.